The Hall–Kier alpha value is -2.11. The van der Waals surface area contributed by atoms with E-state index in [0.29, 0.717) is 25.4 Å². The highest BCUT2D eigenvalue weighted by Crippen LogP contribution is 2.29. The predicted molar refractivity (Wildman–Crippen MR) is 80.2 cm³/mol. The van der Waals surface area contributed by atoms with Crippen LogP contribution in [0.4, 0.5) is 0 Å². The van der Waals surface area contributed by atoms with E-state index in [4.69, 9.17) is 4.74 Å². The first-order valence-electron chi connectivity index (χ1n) is 6.94. The van der Waals surface area contributed by atoms with E-state index in [1.54, 1.807) is 30.6 Å². The molecule has 2 rings (SSSR count). The lowest BCUT2D eigenvalue weighted by Gasteiger charge is -2.14. The fourth-order valence-corrected chi connectivity index (χ4v) is 2.03. The number of phenols is 1. The Morgan fingerprint density at radius 2 is 2.00 bits per heavy atom. The second kappa shape index (κ2) is 7.61. The summed E-state index contributed by atoms with van der Waals surface area (Å²) in [4.78, 5) is 3.92. The zero-order valence-electron chi connectivity index (χ0n) is 12.0. The third-order valence-electron chi connectivity index (χ3n) is 3.13. The minimum absolute atomic E-state index is 0.144. The van der Waals surface area contributed by atoms with E-state index in [-0.39, 0.29) is 5.75 Å². The molecule has 0 aliphatic carbocycles. The van der Waals surface area contributed by atoms with Crippen LogP contribution in [0.3, 0.4) is 0 Å². The van der Waals surface area contributed by atoms with Crippen molar-refractivity contribution < 1.29 is 14.9 Å². The quantitative estimate of drug-likeness (QED) is 0.726. The Morgan fingerprint density at radius 3 is 2.71 bits per heavy atom. The highest BCUT2D eigenvalue weighted by molar-refractivity contribution is 5.45. The lowest BCUT2D eigenvalue weighted by Crippen LogP contribution is -2.21. The lowest BCUT2D eigenvalue weighted by molar-refractivity contribution is 0.174. The van der Waals surface area contributed by atoms with E-state index in [9.17, 15) is 10.2 Å². The van der Waals surface area contributed by atoms with Crippen molar-refractivity contribution in [3.63, 3.8) is 0 Å². The molecule has 5 heteroatoms. The largest absolute Gasteiger partial charge is 0.504 e. The van der Waals surface area contributed by atoms with Crippen molar-refractivity contribution in [1.82, 2.24) is 10.3 Å². The number of hydrogen-bond acceptors (Lipinski definition) is 5. The van der Waals surface area contributed by atoms with Crippen LogP contribution in [0.15, 0.2) is 42.7 Å². The number of aromatic nitrogens is 1. The van der Waals surface area contributed by atoms with Crippen LogP contribution in [0.1, 0.15) is 24.2 Å². The zero-order chi connectivity index (χ0) is 15.1. The summed E-state index contributed by atoms with van der Waals surface area (Å²) in [6.07, 6.45) is 2.69. The van der Waals surface area contributed by atoms with Gasteiger partial charge in [0.1, 0.15) is 0 Å². The van der Waals surface area contributed by atoms with Gasteiger partial charge in [-0.25, -0.2) is 0 Å². The van der Waals surface area contributed by atoms with Gasteiger partial charge < -0.3 is 20.3 Å². The van der Waals surface area contributed by atoms with Crippen LogP contribution in [-0.4, -0.2) is 28.3 Å². The van der Waals surface area contributed by atoms with Gasteiger partial charge in [-0.3, -0.25) is 4.98 Å². The van der Waals surface area contributed by atoms with E-state index in [1.807, 2.05) is 19.1 Å². The Labute approximate surface area is 124 Å². The summed E-state index contributed by atoms with van der Waals surface area (Å²) >= 11 is 0. The third-order valence-corrected chi connectivity index (χ3v) is 3.13. The molecule has 0 amide bonds. The maximum Gasteiger partial charge on any atom is 0.162 e. The van der Waals surface area contributed by atoms with Crippen LogP contribution in [0.25, 0.3) is 0 Å². The number of para-hydroxylation sites is 1. The van der Waals surface area contributed by atoms with Crippen LogP contribution < -0.4 is 10.1 Å². The molecule has 0 aliphatic rings. The molecular formula is C16H20N2O3. The molecule has 0 spiro atoms. The molecule has 0 fully saturated rings. The molecule has 0 radical (unpaired) electrons. The molecule has 1 aromatic carbocycles. The Morgan fingerprint density at radius 1 is 1.24 bits per heavy atom. The Kier molecular flexibility index (Phi) is 5.54. The summed E-state index contributed by atoms with van der Waals surface area (Å²) in [5, 5.41) is 23.2. The predicted octanol–water partition coefficient (Wildman–Crippen LogP) is 2.01. The van der Waals surface area contributed by atoms with Gasteiger partial charge in [-0.2, -0.15) is 0 Å². The summed E-state index contributed by atoms with van der Waals surface area (Å²) in [6.45, 7) is 3.22. The van der Waals surface area contributed by atoms with Crippen molar-refractivity contribution in [3.8, 4) is 11.5 Å². The van der Waals surface area contributed by atoms with E-state index >= 15 is 0 Å². The number of ether oxygens (including phenoxy) is 1. The molecule has 2 aromatic rings. The van der Waals surface area contributed by atoms with Crippen molar-refractivity contribution in [1.29, 1.82) is 0 Å². The average Bonchev–Trinajstić information content (AvgIpc) is 2.52. The monoisotopic (exact) mass is 288 g/mol. The van der Waals surface area contributed by atoms with Crippen molar-refractivity contribution in [2.24, 2.45) is 0 Å². The Bertz CT molecular complexity index is 561. The molecular weight excluding hydrogens is 268 g/mol. The van der Waals surface area contributed by atoms with Gasteiger partial charge >= 0.3 is 0 Å². The SMILES string of the molecule is CCOc1cccc(CNCC(O)c2ccncc2)c1O. The summed E-state index contributed by atoms with van der Waals surface area (Å²) in [7, 11) is 0. The molecule has 0 saturated heterocycles. The summed E-state index contributed by atoms with van der Waals surface area (Å²) in [6, 6.07) is 8.94. The maximum atomic E-state index is 10.1. The Balaban J connectivity index is 1.90. The van der Waals surface area contributed by atoms with Gasteiger partial charge in [-0.1, -0.05) is 12.1 Å². The van der Waals surface area contributed by atoms with Gasteiger partial charge in [0.2, 0.25) is 0 Å². The number of nitrogens with one attached hydrogen (secondary N) is 1. The molecule has 1 heterocycles. The van der Waals surface area contributed by atoms with Crippen molar-refractivity contribution >= 4 is 0 Å². The molecule has 3 N–H and O–H groups in total. The van der Waals surface area contributed by atoms with Gasteiger partial charge in [0, 0.05) is 31.0 Å². The standard InChI is InChI=1S/C16H20N2O3/c1-2-21-15-5-3-4-13(16(15)20)10-18-11-14(19)12-6-8-17-9-7-12/h3-9,14,18-20H,2,10-11H2,1H3. The number of aliphatic hydroxyl groups is 1. The number of aromatic hydroxyl groups is 1. The number of aliphatic hydroxyl groups excluding tert-OH is 1. The summed E-state index contributed by atoms with van der Waals surface area (Å²) < 4.78 is 5.34. The summed E-state index contributed by atoms with van der Waals surface area (Å²) in [5.41, 5.74) is 1.55. The minimum atomic E-state index is -0.606. The molecule has 0 aliphatic heterocycles. The van der Waals surface area contributed by atoms with Crippen molar-refractivity contribution in [3.05, 3.63) is 53.9 Å². The van der Waals surface area contributed by atoms with Gasteiger partial charge in [-0.05, 0) is 30.7 Å². The molecule has 1 unspecified atom stereocenters. The van der Waals surface area contributed by atoms with Crippen molar-refractivity contribution in [2.75, 3.05) is 13.2 Å². The first-order chi connectivity index (χ1) is 10.2. The maximum absolute atomic E-state index is 10.1. The second-order valence-electron chi connectivity index (χ2n) is 4.62. The van der Waals surface area contributed by atoms with Gasteiger partial charge in [-0.15, -0.1) is 0 Å². The van der Waals surface area contributed by atoms with Crippen LogP contribution in [0, 0.1) is 0 Å². The molecule has 0 bridgehead atoms. The van der Waals surface area contributed by atoms with Gasteiger partial charge in [0.25, 0.3) is 0 Å². The molecule has 1 atom stereocenters. The minimum Gasteiger partial charge on any atom is -0.504 e. The first kappa shape index (κ1) is 15.3. The van der Waals surface area contributed by atoms with E-state index in [0.717, 1.165) is 11.1 Å². The zero-order valence-corrected chi connectivity index (χ0v) is 12.0. The fourth-order valence-electron chi connectivity index (χ4n) is 2.03. The highest BCUT2D eigenvalue weighted by atomic mass is 16.5. The number of benzene rings is 1. The van der Waals surface area contributed by atoms with Crippen LogP contribution in [-0.2, 0) is 6.54 Å². The average molecular weight is 288 g/mol. The van der Waals surface area contributed by atoms with E-state index in [1.165, 1.54) is 0 Å². The topological polar surface area (TPSA) is 74.6 Å². The number of hydrogen-bond donors (Lipinski definition) is 3. The van der Waals surface area contributed by atoms with Crippen LogP contribution >= 0.6 is 0 Å². The summed E-state index contributed by atoms with van der Waals surface area (Å²) in [5.74, 6) is 0.622. The second-order valence-corrected chi connectivity index (χ2v) is 4.62. The fraction of sp³-hybridized carbons (Fsp3) is 0.312. The third kappa shape index (κ3) is 4.18. The number of nitrogens with zero attached hydrogens (tertiary/aromatic N) is 1. The molecule has 0 saturated carbocycles. The van der Waals surface area contributed by atoms with E-state index < -0.39 is 6.10 Å². The first-order valence-corrected chi connectivity index (χ1v) is 6.94. The molecule has 21 heavy (non-hydrogen) atoms. The van der Waals surface area contributed by atoms with Crippen molar-refractivity contribution in [2.45, 2.75) is 19.6 Å². The molecule has 112 valence electrons. The smallest absolute Gasteiger partial charge is 0.162 e. The van der Waals surface area contributed by atoms with Gasteiger partial charge in [0.05, 0.1) is 12.7 Å². The van der Waals surface area contributed by atoms with Crippen LogP contribution in [0.2, 0.25) is 0 Å². The number of rotatable bonds is 7. The van der Waals surface area contributed by atoms with Crippen LogP contribution in [0.5, 0.6) is 11.5 Å². The molecule has 5 nitrogen and oxygen atoms in total. The number of phenolic OH excluding ortho intramolecular Hbond substituents is 1. The highest BCUT2D eigenvalue weighted by Gasteiger charge is 2.09. The van der Waals surface area contributed by atoms with E-state index in [2.05, 4.69) is 10.3 Å². The lowest BCUT2D eigenvalue weighted by atomic mass is 10.1. The number of pyridine rings is 1. The van der Waals surface area contributed by atoms with Gasteiger partial charge in [0.15, 0.2) is 11.5 Å². The normalized spacial score (nSPS) is 12.1. The molecule has 1 aromatic heterocycles.